The Morgan fingerprint density at radius 3 is 2.80 bits per heavy atom. The second-order valence-electron chi connectivity index (χ2n) is 8.30. The molecule has 2 bridgehead atoms. The van der Waals surface area contributed by atoms with Crippen molar-refractivity contribution in [3.8, 4) is 0 Å². The second kappa shape index (κ2) is 8.07. The fourth-order valence-electron chi connectivity index (χ4n) is 5.20. The van der Waals surface area contributed by atoms with Crippen molar-refractivity contribution in [2.75, 3.05) is 5.73 Å². The summed E-state index contributed by atoms with van der Waals surface area (Å²) in [5.41, 5.74) is 7.47. The average Bonchev–Trinajstić information content (AvgIpc) is 3.33. The van der Waals surface area contributed by atoms with Crippen LogP contribution in [-0.4, -0.2) is 38.9 Å². The van der Waals surface area contributed by atoms with Crippen molar-refractivity contribution in [1.29, 1.82) is 0 Å². The smallest absolute Gasteiger partial charge is 0.254 e. The van der Waals surface area contributed by atoms with E-state index < -0.39 is 5.41 Å². The average molecular weight is 409 g/mol. The van der Waals surface area contributed by atoms with E-state index in [1.54, 1.807) is 18.3 Å². The molecule has 7 nitrogen and oxygen atoms in total. The number of hydrogen-bond acceptors (Lipinski definition) is 5. The molecule has 2 aliphatic heterocycles. The number of nitrogens with one attached hydrogen (secondary N) is 1. The summed E-state index contributed by atoms with van der Waals surface area (Å²) in [7, 11) is 0. The number of amides is 2. The Morgan fingerprint density at radius 2 is 2.07 bits per heavy atom. The van der Waals surface area contributed by atoms with Gasteiger partial charge in [0.05, 0.1) is 12.0 Å². The molecule has 3 atom stereocenters. The van der Waals surface area contributed by atoms with Gasteiger partial charge in [-0.2, -0.15) is 0 Å². The van der Waals surface area contributed by atoms with Crippen molar-refractivity contribution >= 4 is 17.6 Å². The van der Waals surface area contributed by atoms with Crippen LogP contribution in [-0.2, 0) is 17.9 Å². The van der Waals surface area contributed by atoms with Crippen molar-refractivity contribution in [3.05, 3.63) is 59.3 Å². The summed E-state index contributed by atoms with van der Waals surface area (Å²) in [5, 5.41) is 12.4. The number of carbonyl (C=O) groups excluding carboxylic acids is 2. The van der Waals surface area contributed by atoms with E-state index in [4.69, 9.17) is 5.73 Å². The first-order chi connectivity index (χ1) is 14.5. The lowest BCUT2D eigenvalue weighted by Crippen LogP contribution is -2.49. The van der Waals surface area contributed by atoms with E-state index in [2.05, 4.69) is 10.3 Å². The van der Waals surface area contributed by atoms with Crippen LogP contribution in [0, 0.1) is 5.41 Å². The SMILES string of the molecule is CC[C@]1(C(=O)NCc2cccc(CO)c2)C[C@H]2CC[C@@H]1N2C(=O)c1ccnc(N)c1. The molecule has 4 rings (SSSR count). The summed E-state index contributed by atoms with van der Waals surface area (Å²) in [5.74, 6) is 0.242. The van der Waals surface area contributed by atoms with E-state index in [1.807, 2.05) is 36.1 Å². The first kappa shape index (κ1) is 20.3. The van der Waals surface area contributed by atoms with Crippen LogP contribution in [0.3, 0.4) is 0 Å². The third-order valence-electron chi connectivity index (χ3n) is 6.71. The second-order valence-corrected chi connectivity index (χ2v) is 8.30. The number of carbonyl (C=O) groups is 2. The van der Waals surface area contributed by atoms with Crippen molar-refractivity contribution in [2.45, 2.75) is 57.8 Å². The van der Waals surface area contributed by atoms with Gasteiger partial charge in [0.15, 0.2) is 0 Å². The maximum Gasteiger partial charge on any atom is 0.254 e. The molecule has 1 aromatic carbocycles. The molecule has 7 heteroatoms. The van der Waals surface area contributed by atoms with Crippen molar-refractivity contribution in [3.63, 3.8) is 0 Å². The molecule has 158 valence electrons. The fraction of sp³-hybridized carbons (Fsp3) is 0.435. The van der Waals surface area contributed by atoms with Gasteiger partial charge in [0.2, 0.25) is 5.91 Å². The number of nitrogens with two attached hydrogens (primary N) is 1. The summed E-state index contributed by atoms with van der Waals surface area (Å²) < 4.78 is 0. The molecule has 3 heterocycles. The van der Waals surface area contributed by atoms with Gasteiger partial charge in [-0.05, 0) is 48.9 Å². The minimum Gasteiger partial charge on any atom is -0.392 e. The van der Waals surface area contributed by atoms with E-state index in [0.717, 1.165) is 24.0 Å². The monoisotopic (exact) mass is 408 g/mol. The third kappa shape index (κ3) is 3.43. The van der Waals surface area contributed by atoms with Crippen LogP contribution in [0.15, 0.2) is 42.6 Å². The van der Waals surface area contributed by atoms with Gasteiger partial charge in [-0.1, -0.05) is 31.2 Å². The molecule has 2 aliphatic rings. The van der Waals surface area contributed by atoms with Gasteiger partial charge >= 0.3 is 0 Å². The standard InChI is InChI=1S/C23H28N4O3/c1-2-23(22(30)26-13-15-4-3-5-16(10-15)14-28)12-18-6-7-19(23)27(18)21(29)17-8-9-25-20(24)11-17/h3-5,8-11,18-19,28H,2,6-7,12-14H2,1H3,(H2,24,25)(H,26,30)/t18-,19+,23+/m1/s1. The zero-order valence-electron chi connectivity index (χ0n) is 17.2. The molecule has 30 heavy (non-hydrogen) atoms. The Morgan fingerprint density at radius 1 is 1.27 bits per heavy atom. The van der Waals surface area contributed by atoms with Gasteiger partial charge in [-0.15, -0.1) is 0 Å². The number of aromatic nitrogens is 1. The topological polar surface area (TPSA) is 109 Å². The normalized spacial score (nSPS) is 24.8. The Kier molecular flexibility index (Phi) is 5.47. The highest BCUT2D eigenvalue weighted by Crippen LogP contribution is 2.52. The molecular formula is C23H28N4O3. The van der Waals surface area contributed by atoms with Gasteiger partial charge in [-0.3, -0.25) is 9.59 Å². The van der Waals surface area contributed by atoms with E-state index in [1.165, 1.54) is 0 Å². The molecule has 1 aromatic heterocycles. The Hall–Kier alpha value is -2.93. The number of aliphatic hydroxyl groups is 1. The number of pyridine rings is 1. The van der Waals surface area contributed by atoms with E-state index in [0.29, 0.717) is 30.8 Å². The molecule has 0 spiro atoms. The number of nitrogen functional groups attached to an aromatic ring is 1. The van der Waals surface area contributed by atoms with Crippen LogP contribution in [0.2, 0.25) is 0 Å². The first-order valence-electron chi connectivity index (χ1n) is 10.5. The molecule has 0 saturated carbocycles. The number of hydrogen-bond donors (Lipinski definition) is 3. The fourth-order valence-corrected chi connectivity index (χ4v) is 5.20. The quantitative estimate of drug-likeness (QED) is 0.679. The zero-order chi connectivity index (χ0) is 21.3. The highest BCUT2D eigenvalue weighted by atomic mass is 16.3. The first-order valence-corrected chi connectivity index (χ1v) is 10.5. The van der Waals surface area contributed by atoms with Gasteiger partial charge in [-0.25, -0.2) is 4.98 Å². The van der Waals surface area contributed by atoms with Crippen LogP contribution in [0.1, 0.15) is 54.1 Å². The maximum absolute atomic E-state index is 13.3. The number of rotatable bonds is 6. The molecular weight excluding hydrogens is 380 g/mol. The van der Waals surface area contributed by atoms with Crippen LogP contribution in [0.5, 0.6) is 0 Å². The summed E-state index contributed by atoms with van der Waals surface area (Å²) in [6, 6.07) is 10.8. The summed E-state index contributed by atoms with van der Waals surface area (Å²) in [4.78, 5) is 32.4. The van der Waals surface area contributed by atoms with Crippen LogP contribution < -0.4 is 11.1 Å². The molecule has 4 N–H and O–H groups in total. The summed E-state index contributed by atoms with van der Waals surface area (Å²) in [6.45, 7) is 2.40. The lowest BCUT2D eigenvalue weighted by molar-refractivity contribution is -0.133. The zero-order valence-corrected chi connectivity index (χ0v) is 17.2. The van der Waals surface area contributed by atoms with Crippen molar-refractivity contribution < 1.29 is 14.7 Å². The molecule has 0 aliphatic carbocycles. The number of aliphatic hydroxyl groups excluding tert-OH is 1. The number of nitrogens with zero attached hydrogens (tertiary/aromatic N) is 2. The summed E-state index contributed by atoms with van der Waals surface area (Å²) >= 11 is 0. The molecule has 0 unspecified atom stereocenters. The van der Waals surface area contributed by atoms with Crippen LogP contribution in [0.25, 0.3) is 0 Å². The Labute approximate surface area is 176 Å². The van der Waals surface area contributed by atoms with Gasteiger partial charge in [0, 0.05) is 30.4 Å². The number of benzene rings is 1. The Bertz CT molecular complexity index is 963. The van der Waals surface area contributed by atoms with Crippen LogP contribution in [0.4, 0.5) is 5.82 Å². The molecule has 2 saturated heterocycles. The van der Waals surface area contributed by atoms with E-state index in [-0.39, 0.29) is 30.5 Å². The maximum atomic E-state index is 13.3. The number of fused-ring (bicyclic) bond motifs is 2. The molecule has 2 fully saturated rings. The molecule has 2 aromatic rings. The van der Waals surface area contributed by atoms with Gasteiger partial charge in [0.1, 0.15) is 5.82 Å². The van der Waals surface area contributed by atoms with Gasteiger partial charge < -0.3 is 21.1 Å². The largest absolute Gasteiger partial charge is 0.392 e. The van der Waals surface area contributed by atoms with Crippen molar-refractivity contribution in [1.82, 2.24) is 15.2 Å². The molecule has 2 amide bonds. The third-order valence-corrected chi connectivity index (χ3v) is 6.71. The lowest BCUT2D eigenvalue weighted by Gasteiger charge is -2.35. The minimum absolute atomic E-state index is 0.00126. The highest BCUT2D eigenvalue weighted by molar-refractivity contribution is 5.97. The Balaban J connectivity index is 1.52. The van der Waals surface area contributed by atoms with E-state index >= 15 is 0 Å². The van der Waals surface area contributed by atoms with Gasteiger partial charge in [0.25, 0.3) is 5.91 Å². The molecule has 0 radical (unpaired) electrons. The number of anilines is 1. The highest BCUT2D eigenvalue weighted by Gasteiger charge is 2.60. The van der Waals surface area contributed by atoms with Crippen LogP contribution >= 0.6 is 0 Å². The predicted molar refractivity (Wildman–Crippen MR) is 113 cm³/mol. The minimum atomic E-state index is -0.578. The van der Waals surface area contributed by atoms with E-state index in [9.17, 15) is 14.7 Å². The van der Waals surface area contributed by atoms with Crippen molar-refractivity contribution in [2.24, 2.45) is 5.41 Å². The summed E-state index contributed by atoms with van der Waals surface area (Å²) in [6.07, 6.45) is 4.66. The lowest BCUT2D eigenvalue weighted by atomic mass is 9.71. The predicted octanol–water partition coefficient (Wildman–Crippen LogP) is 2.25.